The SMILES string of the molecule is CN=C(NCCCOCC1CCCO1)NCc1ccc2c(c1)OCO2. The first-order valence-electron chi connectivity index (χ1n) is 8.87. The Hall–Kier alpha value is -1.99. The Morgan fingerprint density at radius 1 is 1.28 bits per heavy atom. The quantitative estimate of drug-likeness (QED) is 0.422. The maximum atomic E-state index is 5.65. The fraction of sp³-hybridized carbons (Fsp3) is 0.611. The Balaban J connectivity index is 1.29. The first-order chi connectivity index (χ1) is 12.3. The van der Waals surface area contributed by atoms with Gasteiger partial charge in [-0.25, -0.2) is 0 Å². The van der Waals surface area contributed by atoms with Crippen LogP contribution in [0.25, 0.3) is 0 Å². The number of hydrogen-bond donors (Lipinski definition) is 2. The van der Waals surface area contributed by atoms with Crippen LogP contribution in [-0.4, -0.2) is 52.3 Å². The van der Waals surface area contributed by atoms with Gasteiger partial charge in [-0.3, -0.25) is 4.99 Å². The fourth-order valence-electron chi connectivity index (χ4n) is 2.83. The lowest BCUT2D eigenvalue weighted by molar-refractivity contribution is 0.0168. The van der Waals surface area contributed by atoms with E-state index in [2.05, 4.69) is 15.6 Å². The van der Waals surface area contributed by atoms with Crippen molar-refractivity contribution in [3.05, 3.63) is 23.8 Å². The second kappa shape index (κ2) is 9.48. The molecule has 1 unspecified atom stereocenters. The van der Waals surface area contributed by atoms with Crippen molar-refractivity contribution in [1.29, 1.82) is 0 Å². The largest absolute Gasteiger partial charge is 0.454 e. The lowest BCUT2D eigenvalue weighted by Gasteiger charge is -2.13. The lowest BCUT2D eigenvalue weighted by Crippen LogP contribution is -2.37. The highest BCUT2D eigenvalue weighted by Gasteiger charge is 2.15. The molecule has 0 spiro atoms. The summed E-state index contributed by atoms with van der Waals surface area (Å²) in [6, 6.07) is 5.94. The van der Waals surface area contributed by atoms with Crippen LogP contribution in [-0.2, 0) is 16.0 Å². The van der Waals surface area contributed by atoms with Crippen LogP contribution in [0.15, 0.2) is 23.2 Å². The molecule has 138 valence electrons. The van der Waals surface area contributed by atoms with Gasteiger partial charge in [-0.05, 0) is 37.0 Å². The van der Waals surface area contributed by atoms with E-state index in [0.29, 0.717) is 26.0 Å². The smallest absolute Gasteiger partial charge is 0.231 e. The molecule has 2 heterocycles. The van der Waals surface area contributed by atoms with Gasteiger partial charge < -0.3 is 29.6 Å². The summed E-state index contributed by atoms with van der Waals surface area (Å²) in [7, 11) is 1.77. The van der Waals surface area contributed by atoms with Crippen LogP contribution >= 0.6 is 0 Å². The average molecular weight is 349 g/mol. The third kappa shape index (κ3) is 5.51. The van der Waals surface area contributed by atoms with Gasteiger partial charge in [0.2, 0.25) is 6.79 Å². The van der Waals surface area contributed by atoms with Crippen LogP contribution in [0.1, 0.15) is 24.8 Å². The zero-order chi connectivity index (χ0) is 17.3. The van der Waals surface area contributed by atoms with Gasteiger partial charge in [-0.15, -0.1) is 0 Å². The second-order valence-electron chi connectivity index (χ2n) is 6.10. The fourth-order valence-corrected chi connectivity index (χ4v) is 2.83. The molecule has 3 rings (SSSR count). The summed E-state index contributed by atoms with van der Waals surface area (Å²) in [5.41, 5.74) is 1.12. The summed E-state index contributed by atoms with van der Waals surface area (Å²) in [6.45, 7) is 4.09. The molecule has 0 aliphatic carbocycles. The standard InChI is InChI=1S/C18H27N3O4/c1-19-18(20-7-3-8-22-12-15-4-2-9-23-15)21-11-14-5-6-16-17(10-14)25-13-24-16/h5-6,10,15H,2-4,7-9,11-13H2,1H3,(H2,19,20,21). The van der Waals surface area contributed by atoms with E-state index < -0.39 is 0 Å². The molecule has 1 saturated heterocycles. The van der Waals surface area contributed by atoms with Crippen molar-refractivity contribution in [2.75, 3.05) is 40.2 Å². The molecule has 2 aliphatic rings. The van der Waals surface area contributed by atoms with Crippen molar-refractivity contribution in [2.24, 2.45) is 4.99 Å². The predicted octanol–water partition coefficient (Wildman–Crippen LogP) is 1.67. The van der Waals surface area contributed by atoms with E-state index in [1.54, 1.807) is 7.05 Å². The van der Waals surface area contributed by atoms with Gasteiger partial charge in [0.1, 0.15) is 0 Å². The summed E-state index contributed by atoms with van der Waals surface area (Å²) in [4.78, 5) is 4.23. The van der Waals surface area contributed by atoms with E-state index in [1.165, 1.54) is 0 Å². The minimum atomic E-state index is 0.295. The van der Waals surface area contributed by atoms with Gasteiger partial charge in [0.05, 0.1) is 12.7 Å². The van der Waals surface area contributed by atoms with E-state index in [0.717, 1.165) is 62.0 Å². The number of nitrogens with one attached hydrogen (secondary N) is 2. The molecule has 25 heavy (non-hydrogen) atoms. The number of benzene rings is 1. The van der Waals surface area contributed by atoms with Crippen molar-refractivity contribution < 1.29 is 18.9 Å². The van der Waals surface area contributed by atoms with Crippen molar-refractivity contribution in [1.82, 2.24) is 10.6 Å². The Morgan fingerprint density at radius 2 is 2.20 bits per heavy atom. The molecule has 0 aromatic heterocycles. The number of nitrogens with zero attached hydrogens (tertiary/aromatic N) is 1. The summed E-state index contributed by atoms with van der Waals surface area (Å²) >= 11 is 0. The molecule has 7 nitrogen and oxygen atoms in total. The molecule has 0 radical (unpaired) electrons. The molecular formula is C18H27N3O4. The van der Waals surface area contributed by atoms with E-state index in [4.69, 9.17) is 18.9 Å². The zero-order valence-corrected chi connectivity index (χ0v) is 14.8. The van der Waals surface area contributed by atoms with Crippen LogP contribution in [0.4, 0.5) is 0 Å². The van der Waals surface area contributed by atoms with Crippen LogP contribution in [0.2, 0.25) is 0 Å². The van der Waals surface area contributed by atoms with Crippen LogP contribution in [0, 0.1) is 0 Å². The van der Waals surface area contributed by atoms with E-state index in [-0.39, 0.29) is 0 Å². The molecule has 0 bridgehead atoms. The van der Waals surface area contributed by atoms with Gasteiger partial charge in [0.25, 0.3) is 0 Å². The first-order valence-corrected chi connectivity index (χ1v) is 8.87. The average Bonchev–Trinajstić information content (AvgIpc) is 3.31. The zero-order valence-electron chi connectivity index (χ0n) is 14.8. The highest BCUT2D eigenvalue weighted by molar-refractivity contribution is 5.79. The van der Waals surface area contributed by atoms with Crippen LogP contribution < -0.4 is 20.1 Å². The Bertz CT molecular complexity index is 573. The van der Waals surface area contributed by atoms with Crippen molar-refractivity contribution in [3.63, 3.8) is 0 Å². The molecule has 1 aromatic carbocycles. The van der Waals surface area contributed by atoms with E-state index in [9.17, 15) is 0 Å². The van der Waals surface area contributed by atoms with Gasteiger partial charge >= 0.3 is 0 Å². The van der Waals surface area contributed by atoms with Gasteiger partial charge in [-0.2, -0.15) is 0 Å². The number of fused-ring (bicyclic) bond motifs is 1. The summed E-state index contributed by atoms with van der Waals surface area (Å²) in [5.74, 6) is 2.37. The molecule has 2 N–H and O–H groups in total. The normalized spacial score (nSPS) is 19.2. The van der Waals surface area contributed by atoms with Gasteiger partial charge in [-0.1, -0.05) is 6.07 Å². The summed E-state index contributed by atoms with van der Waals surface area (Å²) in [6.07, 6.45) is 3.50. The molecule has 1 atom stereocenters. The summed E-state index contributed by atoms with van der Waals surface area (Å²) in [5, 5.41) is 6.59. The van der Waals surface area contributed by atoms with E-state index in [1.807, 2.05) is 18.2 Å². The molecule has 0 saturated carbocycles. The van der Waals surface area contributed by atoms with Gasteiger partial charge in [0, 0.05) is 33.4 Å². The highest BCUT2D eigenvalue weighted by Crippen LogP contribution is 2.32. The minimum absolute atomic E-state index is 0.295. The maximum Gasteiger partial charge on any atom is 0.231 e. The molecular weight excluding hydrogens is 322 g/mol. The molecule has 7 heteroatoms. The minimum Gasteiger partial charge on any atom is -0.454 e. The molecule has 2 aliphatic heterocycles. The Labute approximate surface area is 148 Å². The lowest BCUT2D eigenvalue weighted by atomic mass is 10.2. The number of rotatable bonds is 8. The Kier molecular flexibility index (Phi) is 6.76. The highest BCUT2D eigenvalue weighted by atomic mass is 16.7. The number of hydrogen-bond acceptors (Lipinski definition) is 5. The predicted molar refractivity (Wildman–Crippen MR) is 95.2 cm³/mol. The van der Waals surface area contributed by atoms with Crippen LogP contribution in [0.3, 0.4) is 0 Å². The van der Waals surface area contributed by atoms with Crippen molar-refractivity contribution in [3.8, 4) is 11.5 Å². The topological polar surface area (TPSA) is 73.3 Å². The third-order valence-electron chi connectivity index (χ3n) is 4.21. The number of aliphatic imine (C=N–C) groups is 1. The van der Waals surface area contributed by atoms with E-state index >= 15 is 0 Å². The maximum absolute atomic E-state index is 5.65. The second-order valence-corrected chi connectivity index (χ2v) is 6.10. The molecule has 1 fully saturated rings. The monoisotopic (exact) mass is 349 g/mol. The molecule has 0 amide bonds. The molecule has 1 aromatic rings. The van der Waals surface area contributed by atoms with Gasteiger partial charge in [0.15, 0.2) is 17.5 Å². The Morgan fingerprint density at radius 3 is 3.04 bits per heavy atom. The third-order valence-corrected chi connectivity index (χ3v) is 4.21. The van der Waals surface area contributed by atoms with Crippen molar-refractivity contribution in [2.45, 2.75) is 31.9 Å². The number of ether oxygens (including phenoxy) is 4. The summed E-state index contributed by atoms with van der Waals surface area (Å²) < 4.78 is 21.9. The number of guanidine groups is 1. The first kappa shape index (κ1) is 17.8. The van der Waals surface area contributed by atoms with Crippen LogP contribution in [0.5, 0.6) is 11.5 Å². The van der Waals surface area contributed by atoms with Crippen molar-refractivity contribution >= 4 is 5.96 Å².